The van der Waals surface area contributed by atoms with E-state index in [1.54, 1.807) is 0 Å². The van der Waals surface area contributed by atoms with Crippen LogP contribution in [0.4, 0.5) is 0 Å². The first-order valence-corrected chi connectivity index (χ1v) is 3.56. The SMILES string of the molecule is CN(C)[B]N(C)CBr. The van der Waals surface area contributed by atoms with Crippen LogP contribution in [-0.2, 0) is 0 Å². The highest BCUT2D eigenvalue weighted by Gasteiger charge is 1.98. The van der Waals surface area contributed by atoms with Gasteiger partial charge in [0.25, 0.3) is 0 Å². The Morgan fingerprint density at radius 1 is 1.38 bits per heavy atom. The van der Waals surface area contributed by atoms with Gasteiger partial charge in [0.05, 0.1) is 0 Å². The van der Waals surface area contributed by atoms with Crippen LogP contribution in [0.25, 0.3) is 0 Å². The molecule has 0 saturated carbocycles. The molecule has 0 N–H and O–H groups in total. The molecule has 47 valence electrons. The van der Waals surface area contributed by atoms with E-state index in [0.717, 1.165) is 5.45 Å². The third kappa shape index (κ3) is 4.62. The van der Waals surface area contributed by atoms with E-state index >= 15 is 0 Å². The smallest absolute Gasteiger partial charge is 0.313 e. The van der Waals surface area contributed by atoms with Crippen LogP contribution in [0, 0.1) is 0 Å². The van der Waals surface area contributed by atoms with Gasteiger partial charge in [0, 0.05) is 5.45 Å². The Bertz CT molecular complexity index is 60.0. The molecule has 0 aliphatic heterocycles. The maximum Gasteiger partial charge on any atom is 0.313 e. The summed E-state index contributed by atoms with van der Waals surface area (Å²) in [6.07, 6.45) is 0. The fraction of sp³-hybridized carbons (Fsp3) is 1.00. The van der Waals surface area contributed by atoms with Gasteiger partial charge in [-0.25, -0.2) is 0 Å². The van der Waals surface area contributed by atoms with Gasteiger partial charge in [-0.1, -0.05) is 15.9 Å². The Balaban J connectivity index is 3.10. The van der Waals surface area contributed by atoms with E-state index in [-0.39, 0.29) is 0 Å². The summed E-state index contributed by atoms with van der Waals surface area (Å²) in [6.45, 7) is 0. The van der Waals surface area contributed by atoms with Crippen molar-refractivity contribution in [3.8, 4) is 0 Å². The minimum Gasteiger partial charge on any atom is -0.337 e. The lowest BCUT2D eigenvalue weighted by molar-refractivity contribution is 0.540. The molecule has 0 atom stereocenters. The second-order valence-corrected chi connectivity index (χ2v) is 2.46. The lowest BCUT2D eigenvalue weighted by Crippen LogP contribution is -2.33. The van der Waals surface area contributed by atoms with Gasteiger partial charge in [0.2, 0.25) is 0 Å². The van der Waals surface area contributed by atoms with E-state index in [1.807, 2.05) is 38.3 Å². The zero-order valence-corrected chi connectivity index (χ0v) is 7.14. The van der Waals surface area contributed by atoms with Crippen LogP contribution in [0.15, 0.2) is 0 Å². The van der Waals surface area contributed by atoms with Gasteiger partial charge in [-0.15, -0.1) is 0 Å². The molecule has 0 unspecified atom stereocenters. The molecule has 8 heavy (non-hydrogen) atoms. The third-order valence-corrected chi connectivity index (χ3v) is 1.41. The molecule has 0 rings (SSSR count). The van der Waals surface area contributed by atoms with Crippen molar-refractivity contribution >= 4 is 23.5 Å². The first-order valence-electron chi connectivity index (χ1n) is 2.44. The Morgan fingerprint density at radius 2 is 1.88 bits per heavy atom. The number of alkyl halides is 1. The lowest BCUT2D eigenvalue weighted by atomic mass is 10.1. The number of halogens is 1. The molecule has 0 saturated heterocycles. The molecule has 0 aliphatic rings. The van der Waals surface area contributed by atoms with Crippen LogP contribution in [0.5, 0.6) is 0 Å². The molecular weight excluding hydrogens is 167 g/mol. The first-order chi connectivity index (χ1) is 3.66. The zero-order chi connectivity index (χ0) is 6.57. The second kappa shape index (κ2) is 4.35. The van der Waals surface area contributed by atoms with Gasteiger partial charge in [-0.05, 0) is 21.1 Å². The molecule has 0 bridgehead atoms. The van der Waals surface area contributed by atoms with Gasteiger partial charge in [-0.2, -0.15) is 0 Å². The second-order valence-electron chi connectivity index (χ2n) is 1.96. The van der Waals surface area contributed by atoms with Crippen LogP contribution in [0.2, 0.25) is 0 Å². The van der Waals surface area contributed by atoms with E-state index < -0.39 is 0 Å². The van der Waals surface area contributed by atoms with Crippen molar-refractivity contribution in [3.63, 3.8) is 0 Å². The number of hydrogen-bond acceptors (Lipinski definition) is 2. The fourth-order valence-electron chi connectivity index (χ4n) is 0.425. The third-order valence-electron chi connectivity index (χ3n) is 0.617. The molecule has 0 aromatic heterocycles. The zero-order valence-electron chi connectivity index (χ0n) is 5.56. The standard InChI is InChI=1S/C4H11BBrN2/c1-7(2)5-8(3)4-6/h4H2,1-3H3. The summed E-state index contributed by atoms with van der Waals surface area (Å²) in [6, 6.07) is 0. The Hall–Kier alpha value is 0.465. The van der Waals surface area contributed by atoms with Crippen molar-refractivity contribution in [2.75, 3.05) is 26.6 Å². The van der Waals surface area contributed by atoms with E-state index in [4.69, 9.17) is 0 Å². The molecule has 0 aromatic carbocycles. The predicted molar refractivity (Wildman–Crippen MR) is 41.0 cm³/mol. The first kappa shape index (κ1) is 8.46. The van der Waals surface area contributed by atoms with Crippen LogP contribution in [-0.4, -0.2) is 43.8 Å². The van der Waals surface area contributed by atoms with E-state index in [0.29, 0.717) is 0 Å². The van der Waals surface area contributed by atoms with Gasteiger partial charge in [-0.3, -0.25) is 0 Å². The molecule has 0 amide bonds. The van der Waals surface area contributed by atoms with Gasteiger partial charge >= 0.3 is 7.55 Å². The van der Waals surface area contributed by atoms with Crippen LogP contribution >= 0.6 is 15.9 Å². The summed E-state index contributed by atoms with van der Waals surface area (Å²) in [4.78, 5) is 4.04. The molecule has 0 aromatic rings. The van der Waals surface area contributed by atoms with E-state index in [2.05, 4.69) is 15.9 Å². The summed E-state index contributed by atoms with van der Waals surface area (Å²) >= 11 is 3.31. The highest BCUT2D eigenvalue weighted by molar-refractivity contribution is 9.09. The Labute approximate surface area is 60.3 Å². The monoisotopic (exact) mass is 177 g/mol. The van der Waals surface area contributed by atoms with Crippen LogP contribution < -0.4 is 0 Å². The van der Waals surface area contributed by atoms with Crippen molar-refractivity contribution in [2.45, 2.75) is 0 Å². The summed E-state index contributed by atoms with van der Waals surface area (Å²) in [5.74, 6) is 0. The topological polar surface area (TPSA) is 6.48 Å². The highest BCUT2D eigenvalue weighted by Crippen LogP contribution is 1.85. The van der Waals surface area contributed by atoms with E-state index in [9.17, 15) is 0 Å². The van der Waals surface area contributed by atoms with Crippen LogP contribution in [0.3, 0.4) is 0 Å². The average Bonchev–Trinajstić information content (AvgIpc) is 1.65. The van der Waals surface area contributed by atoms with Gasteiger partial charge in [0.1, 0.15) is 0 Å². The van der Waals surface area contributed by atoms with E-state index in [1.165, 1.54) is 0 Å². The van der Waals surface area contributed by atoms with Crippen molar-refractivity contribution < 1.29 is 0 Å². The minimum atomic E-state index is 0.880. The Morgan fingerprint density at radius 3 is 2.00 bits per heavy atom. The van der Waals surface area contributed by atoms with Crippen LogP contribution in [0.1, 0.15) is 0 Å². The minimum absolute atomic E-state index is 0.880. The highest BCUT2D eigenvalue weighted by atomic mass is 79.9. The molecule has 0 aliphatic carbocycles. The molecular formula is C4H11BBrN2. The van der Waals surface area contributed by atoms with Gasteiger partial charge < -0.3 is 9.62 Å². The van der Waals surface area contributed by atoms with Crippen molar-refractivity contribution in [1.29, 1.82) is 0 Å². The fourth-order valence-corrected chi connectivity index (χ4v) is 0.555. The summed E-state index contributed by atoms with van der Waals surface area (Å²) in [5.41, 5.74) is 0.880. The maximum absolute atomic E-state index is 3.31. The normalized spacial score (nSPS) is 10.8. The Kier molecular flexibility index (Phi) is 4.61. The molecule has 0 fully saturated rings. The molecule has 4 heteroatoms. The average molecular weight is 178 g/mol. The number of hydrogen-bond donors (Lipinski definition) is 0. The molecule has 0 heterocycles. The summed E-state index contributed by atoms with van der Waals surface area (Å²) < 4.78 is 0. The van der Waals surface area contributed by atoms with Crippen molar-refractivity contribution in [3.05, 3.63) is 0 Å². The summed E-state index contributed by atoms with van der Waals surface area (Å²) in [5, 5.41) is 0. The lowest BCUT2D eigenvalue weighted by Gasteiger charge is -2.15. The quantitative estimate of drug-likeness (QED) is 0.349. The van der Waals surface area contributed by atoms with Crippen molar-refractivity contribution in [2.24, 2.45) is 0 Å². The van der Waals surface area contributed by atoms with Crippen molar-refractivity contribution in [1.82, 2.24) is 9.62 Å². The predicted octanol–water partition coefficient (Wildman–Crippen LogP) is 0.366. The van der Waals surface area contributed by atoms with Gasteiger partial charge in [0.15, 0.2) is 0 Å². The molecule has 1 radical (unpaired) electrons. The largest absolute Gasteiger partial charge is 0.337 e. The number of nitrogens with zero attached hydrogens (tertiary/aromatic N) is 2. The molecule has 2 nitrogen and oxygen atoms in total. The molecule has 0 spiro atoms. The number of rotatable bonds is 3. The summed E-state index contributed by atoms with van der Waals surface area (Å²) in [7, 11) is 8.02. The maximum atomic E-state index is 3.31.